The molecule has 4 rings (SSSR count). The lowest BCUT2D eigenvalue weighted by atomic mass is 9.73. The molecular weight excluding hydrogens is 362 g/mol. The molecule has 1 saturated heterocycles. The molecule has 23 heavy (non-hydrogen) atoms. The lowest BCUT2D eigenvalue weighted by molar-refractivity contribution is -0.0997. The van der Waals surface area contributed by atoms with Crippen molar-refractivity contribution in [3.05, 3.63) is 28.2 Å². The summed E-state index contributed by atoms with van der Waals surface area (Å²) in [6.07, 6.45) is 1.37. The highest BCUT2D eigenvalue weighted by Crippen LogP contribution is 2.53. The Morgan fingerprint density at radius 3 is 2.78 bits per heavy atom. The number of nitrogens with zero attached hydrogens (tertiary/aromatic N) is 2. The summed E-state index contributed by atoms with van der Waals surface area (Å²) < 4.78 is 12.8. The maximum absolute atomic E-state index is 10.9. The third kappa shape index (κ3) is 2.17. The molecule has 0 bridgehead atoms. The van der Waals surface area contributed by atoms with E-state index < -0.39 is 11.8 Å². The Labute approximate surface area is 143 Å². The number of fused-ring (bicyclic) bond motifs is 2. The van der Waals surface area contributed by atoms with Crippen molar-refractivity contribution in [3.8, 4) is 5.75 Å². The summed E-state index contributed by atoms with van der Waals surface area (Å²) in [5.74, 6) is 1.12. The number of guanidine groups is 1. The number of nitrogens with two attached hydrogens (primary N) is 1. The van der Waals surface area contributed by atoms with E-state index in [1.807, 2.05) is 18.2 Å². The molecule has 0 aromatic heterocycles. The maximum Gasteiger partial charge on any atom is 0.194 e. The van der Waals surface area contributed by atoms with Crippen LogP contribution in [0, 0.1) is 0 Å². The van der Waals surface area contributed by atoms with E-state index in [0.717, 1.165) is 28.6 Å². The molecule has 1 aromatic rings. The fraction of sp³-hybridized carbons (Fsp3) is 0.562. The number of benzene rings is 1. The third-order valence-electron chi connectivity index (χ3n) is 5.20. The zero-order valence-corrected chi connectivity index (χ0v) is 14.5. The molecule has 2 unspecified atom stereocenters. The van der Waals surface area contributed by atoms with Gasteiger partial charge >= 0.3 is 0 Å². The van der Waals surface area contributed by atoms with Gasteiger partial charge in [-0.25, -0.2) is 4.99 Å². The van der Waals surface area contributed by atoms with Gasteiger partial charge in [0.1, 0.15) is 16.9 Å². The number of aliphatic hydroxyl groups excluding tert-OH is 1. The average molecular weight is 382 g/mol. The van der Waals surface area contributed by atoms with Gasteiger partial charge < -0.3 is 25.2 Å². The van der Waals surface area contributed by atoms with E-state index in [2.05, 4.69) is 15.9 Å². The normalized spacial score (nSPS) is 31.9. The van der Waals surface area contributed by atoms with Crippen molar-refractivity contribution < 1.29 is 14.6 Å². The molecule has 0 radical (unpaired) electrons. The van der Waals surface area contributed by atoms with E-state index in [9.17, 15) is 5.11 Å². The fourth-order valence-electron chi connectivity index (χ4n) is 3.92. The van der Waals surface area contributed by atoms with Crippen LogP contribution in [0.5, 0.6) is 5.75 Å². The molecule has 2 spiro atoms. The van der Waals surface area contributed by atoms with E-state index in [-0.39, 0.29) is 5.60 Å². The van der Waals surface area contributed by atoms with Crippen LogP contribution in [0.2, 0.25) is 0 Å². The van der Waals surface area contributed by atoms with Gasteiger partial charge in [-0.2, -0.15) is 0 Å². The Bertz CT molecular complexity index is 675. The van der Waals surface area contributed by atoms with E-state index in [1.54, 1.807) is 11.9 Å². The molecule has 0 saturated carbocycles. The minimum Gasteiger partial charge on any atom is -0.487 e. The summed E-state index contributed by atoms with van der Waals surface area (Å²) in [4.78, 5) is 6.33. The second-order valence-electron chi connectivity index (χ2n) is 6.59. The van der Waals surface area contributed by atoms with E-state index >= 15 is 0 Å². The number of likely N-dealkylation sites (N-methyl/N-ethyl adjacent to an activating group) is 1. The smallest absolute Gasteiger partial charge is 0.194 e. The molecule has 1 fully saturated rings. The van der Waals surface area contributed by atoms with Crippen LogP contribution in [0.25, 0.3) is 0 Å². The number of aliphatic hydroxyl groups is 1. The molecule has 3 aliphatic rings. The number of hydrogen-bond donors (Lipinski definition) is 2. The monoisotopic (exact) mass is 381 g/mol. The molecule has 6 nitrogen and oxygen atoms in total. The number of halogens is 1. The van der Waals surface area contributed by atoms with Gasteiger partial charge in [0, 0.05) is 36.3 Å². The first-order valence-corrected chi connectivity index (χ1v) is 8.58. The lowest BCUT2D eigenvalue weighted by Crippen LogP contribution is -2.55. The average Bonchev–Trinajstić information content (AvgIpc) is 2.74. The quantitative estimate of drug-likeness (QED) is 0.712. The second kappa shape index (κ2) is 5.09. The minimum absolute atomic E-state index is 0.354. The van der Waals surface area contributed by atoms with Crippen LogP contribution in [0.1, 0.15) is 24.8 Å². The van der Waals surface area contributed by atoms with Crippen molar-refractivity contribution >= 4 is 21.9 Å². The number of rotatable bonds is 0. The van der Waals surface area contributed by atoms with Crippen LogP contribution < -0.4 is 10.5 Å². The van der Waals surface area contributed by atoms with Gasteiger partial charge in [-0.3, -0.25) is 0 Å². The first-order chi connectivity index (χ1) is 11.0. The Balaban J connectivity index is 1.89. The SMILES string of the molecule is CN1C(N)=NC2(CC3(CCOCC3)Oc3ccc(Br)cc32)C1O. The van der Waals surface area contributed by atoms with Gasteiger partial charge in [0.25, 0.3) is 0 Å². The zero-order chi connectivity index (χ0) is 16.2. The summed E-state index contributed by atoms with van der Waals surface area (Å²) in [7, 11) is 1.77. The van der Waals surface area contributed by atoms with Crippen molar-refractivity contribution in [1.29, 1.82) is 0 Å². The van der Waals surface area contributed by atoms with Crippen molar-refractivity contribution in [2.75, 3.05) is 20.3 Å². The second-order valence-corrected chi connectivity index (χ2v) is 7.51. The number of ether oxygens (including phenoxy) is 2. The van der Waals surface area contributed by atoms with Crippen LogP contribution in [0.3, 0.4) is 0 Å². The molecule has 0 amide bonds. The molecule has 0 aliphatic carbocycles. The number of aliphatic imine (C=N–C) groups is 1. The molecule has 124 valence electrons. The highest BCUT2D eigenvalue weighted by atomic mass is 79.9. The zero-order valence-electron chi connectivity index (χ0n) is 13.0. The summed E-state index contributed by atoms with van der Waals surface area (Å²) >= 11 is 3.51. The van der Waals surface area contributed by atoms with Crippen LogP contribution in [-0.2, 0) is 10.3 Å². The van der Waals surface area contributed by atoms with E-state index in [1.165, 1.54) is 0 Å². The van der Waals surface area contributed by atoms with Crippen molar-refractivity contribution in [1.82, 2.24) is 4.90 Å². The Hall–Kier alpha value is -1.31. The topological polar surface area (TPSA) is 80.3 Å². The van der Waals surface area contributed by atoms with Crippen molar-refractivity contribution in [3.63, 3.8) is 0 Å². The molecule has 7 heteroatoms. The maximum atomic E-state index is 10.9. The van der Waals surface area contributed by atoms with Gasteiger partial charge in [-0.05, 0) is 18.2 Å². The lowest BCUT2D eigenvalue weighted by Gasteiger charge is -2.48. The van der Waals surface area contributed by atoms with Gasteiger partial charge in [-0.15, -0.1) is 0 Å². The molecular formula is C16H20BrN3O3. The molecule has 3 N–H and O–H groups in total. The van der Waals surface area contributed by atoms with E-state index in [0.29, 0.717) is 25.6 Å². The summed E-state index contributed by atoms with van der Waals surface area (Å²) in [5, 5.41) is 10.9. The minimum atomic E-state index is -0.806. The standard InChI is InChI=1S/C16H20BrN3O3/c1-20-13(21)16(19-14(20)18)9-15(4-6-22-7-5-15)23-12-3-2-10(17)8-11(12)16/h2-3,8,13,21H,4-7,9H2,1H3,(H2,18,19). The van der Waals surface area contributed by atoms with Crippen LogP contribution in [0.4, 0.5) is 0 Å². The third-order valence-corrected chi connectivity index (χ3v) is 5.69. The molecule has 3 heterocycles. The summed E-state index contributed by atoms with van der Waals surface area (Å²) in [6.45, 7) is 1.32. The Morgan fingerprint density at radius 1 is 1.39 bits per heavy atom. The van der Waals surface area contributed by atoms with Crippen LogP contribution in [-0.4, -0.2) is 48.1 Å². The predicted molar refractivity (Wildman–Crippen MR) is 89.2 cm³/mol. The van der Waals surface area contributed by atoms with Crippen LogP contribution >= 0.6 is 15.9 Å². The van der Waals surface area contributed by atoms with Gasteiger partial charge in [0.2, 0.25) is 0 Å². The largest absolute Gasteiger partial charge is 0.487 e. The van der Waals surface area contributed by atoms with Crippen LogP contribution in [0.15, 0.2) is 27.7 Å². The highest BCUT2D eigenvalue weighted by Gasteiger charge is 2.57. The van der Waals surface area contributed by atoms with Crippen molar-refractivity contribution in [2.24, 2.45) is 10.7 Å². The van der Waals surface area contributed by atoms with Crippen molar-refractivity contribution in [2.45, 2.75) is 36.6 Å². The van der Waals surface area contributed by atoms with Gasteiger partial charge in [-0.1, -0.05) is 15.9 Å². The molecule has 1 aromatic carbocycles. The highest BCUT2D eigenvalue weighted by molar-refractivity contribution is 9.10. The first-order valence-electron chi connectivity index (χ1n) is 7.79. The molecule has 3 aliphatic heterocycles. The van der Waals surface area contributed by atoms with E-state index in [4.69, 9.17) is 20.2 Å². The van der Waals surface area contributed by atoms with Gasteiger partial charge in [0.15, 0.2) is 12.2 Å². The number of hydrogen-bond acceptors (Lipinski definition) is 6. The predicted octanol–water partition coefficient (Wildman–Crippen LogP) is 1.55. The summed E-state index contributed by atoms with van der Waals surface area (Å²) in [6, 6.07) is 5.86. The Morgan fingerprint density at radius 2 is 2.13 bits per heavy atom. The van der Waals surface area contributed by atoms with Gasteiger partial charge in [0.05, 0.1) is 13.2 Å². The Kier molecular flexibility index (Phi) is 3.37. The first kappa shape index (κ1) is 15.2. The molecule has 2 atom stereocenters. The fourth-order valence-corrected chi connectivity index (χ4v) is 4.29. The summed E-state index contributed by atoms with van der Waals surface area (Å²) in [5.41, 5.74) is 5.74.